The van der Waals surface area contributed by atoms with Gasteiger partial charge in [0, 0.05) is 12.3 Å². The van der Waals surface area contributed by atoms with E-state index in [9.17, 15) is 4.79 Å². The molecule has 0 amide bonds. The predicted molar refractivity (Wildman–Crippen MR) is 51.3 cm³/mol. The quantitative estimate of drug-likeness (QED) is 0.557. The van der Waals surface area contributed by atoms with E-state index in [0.717, 1.165) is 18.3 Å². The van der Waals surface area contributed by atoms with E-state index in [0.29, 0.717) is 17.1 Å². The lowest BCUT2D eigenvalue weighted by Gasteiger charge is -2.29. The molecular formula is C12H18O. The van der Waals surface area contributed by atoms with Crippen molar-refractivity contribution in [2.75, 3.05) is 0 Å². The molecule has 0 aromatic rings. The monoisotopic (exact) mass is 178 g/mol. The summed E-state index contributed by atoms with van der Waals surface area (Å²) in [6.07, 6.45) is 7.43. The van der Waals surface area contributed by atoms with Crippen LogP contribution in [0.25, 0.3) is 0 Å². The van der Waals surface area contributed by atoms with Gasteiger partial charge >= 0.3 is 0 Å². The Kier molecular flexibility index (Phi) is 1.46. The molecule has 13 heavy (non-hydrogen) atoms. The molecule has 0 heterocycles. The van der Waals surface area contributed by atoms with Crippen LogP contribution in [0.4, 0.5) is 0 Å². The van der Waals surface area contributed by atoms with Crippen molar-refractivity contribution in [2.24, 2.45) is 23.2 Å². The van der Waals surface area contributed by atoms with Crippen LogP contribution in [-0.2, 0) is 4.79 Å². The molecule has 1 spiro atoms. The first-order valence-electron chi connectivity index (χ1n) is 5.77. The molecule has 0 radical (unpaired) electrons. The molecule has 0 aromatic heterocycles. The molecule has 0 aliphatic heterocycles. The van der Waals surface area contributed by atoms with Crippen molar-refractivity contribution in [2.45, 2.75) is 45.4 Å². The molecule has 3 rings (SSSR count). The number of hydrogen-bond acceptors (Lipinski definition) is 1. The third-order valence-electron chi connectivity index (χ3n) is 5.18. The summed E-state index contributed by atoms with van der Waals surface area (Å²) in [7, 11) is 0. The van der Waals surface area contributed by atoms with Crippen molar-refractivity contribution in [1.82, 2.24) is 0 Å². The number of hydrogen-bond donors (Lipinski definition) is 0. The summed E-state index contributed by atoms with van der Waals surface area (Å²) in [4.78, 5) is 11.7. The fraction of sp³-hybridized carbons (Fsp3) is 0.917. The Morgan fingerprint density at radius 1 is 1.23 bits per heavy atom. The highest BCUT2D eigenvalue weighted by atomic mass is 16.1. The number of ketones is 1. The zero-order valence-electron chi connectivity index (χ0n) is 8.38. The van der Waals surface area contributed by atoms with Crippen LogP contribution < -0.4 is 0 Å². The molecule has 0 unspecified atom stereocenters. The lowest BCUT2D eigenvalue weighted by atomic mass is 9.74. The standard InChI is InChI=1S/C12H18O/c1-8-4-6-12-7-5-11(13)10(12)3-2-9(8)12/h8-10H,2-7H2,1H3/t8-,9+,10+,12+/m0/s1. The highest BCUT2D eigenvalue weighted by Crippen LogP contribution is 2.65. The summed E-state index contributed by atoms with van der Waals surface area (Å²) in [5.74, 6) is 2.89. The molecule has 3 aliphatic rings. The van der Waals surface area contributed by atoms with Gasteiger partial charge in [0.05, 0.1) is 0 Å². The van der Waals surface area contributed by atoms with Gasteiger partial charge in [-0.1, -0.05) is 6.92 Å². The summed E-state index contributed by atoms with van der Waals surface area (Å²) in [6.45, 7) is 2.39. The van der Waals surface area contributed by atoms with Gasteiger partial charge in [-0.15, -0.1) is 0 Å². The van der Waals surface area contributed by atoms with Crippen LogP contribution in [0.3, 0.4) is 0 Å². The molecule has 0 saturated heterocycles. The van der Waals surface area contributed by atoms with Crippen LogP contribution in [0.2, 0.25) is 0 Å². The molecule has 0 aromatic carbocycles. The van der Waals surface area contributed by atoms with Crippen molar-refractivity contribution in [3.8, 4) is 0 Å². The lowest BCUT2D eigenvalue weighted by molar-refractivity contribution is -0.121. The molecule has 0 bridgehead atoms. The molecular weight excluding hydrogens is 160 g/mol. The normalized spacial score (nSPS) is 53.9. The van der Waals surface area contributed by atoms with Gasteiger partial charge in [-0.3, -0.25) is 4.79 Å². The number of Topliss-reactive ketones (excluding diaryl/α,β-unsaturated/α-hetero) is 1. The van der Waals surface area contributed by atoms with Crippen molar-refractivity contribution >= 4 is 5.78 Å². The van der Waals surface area contributed by atoms with E-state index in [1.165, 1.54) is 32.1 Å². The predicted octanol–water partition coefficient (Wildman–Crippen LogP) is 2.79. The Morgan fingerprint density at radius 2 is 2.08 bits per heavy atom. The lowest BCUT2D eigenvalue weighted by Crippen LogP contribution is -2.26. The maximum atomic E-state index is 11.7. The van der Waals surface area contributed by atoms with E-state index in [2.05, 4.69) is 6.92 Å². The second kappa shape index (κ2) is 2.37. The summed E-state index contributed by atoms with van der Waals surface area (Å²) in [6, 6.07) is 0. The van der Waals surface area contributed by atoms with Crippen LogP contribution >= 0.6 is 0 Å². The fourth-order valence-corrected chi connectivity index (χ4v) is 4.58. The third kappa shape index (κ3) is 0.812. The second-order valence-corrected chi connectivity index (χ2v) is 5.45. The molecule has 3 saturated carbocycles. The summed E-state index contributed by atoms with van der Waals surface area (Å²) in [5.41, 5.74) is 0.510. The van der Waals surface area contributed by atoms with Crippen LogP contribution in [-0.4, -0.2) is 5.78 Å². The summed E-state index contributed by atoms with van der Waals surface area (Å²) >= 11 is 0. The molecule has 0 N–H and O–H groups in total. The van der Waals surface area contributed by atoms with Gasteiger partial charge in [0.15, 0.2) is 0 Å². The van der Waals surface area contributed by atoms with Gasteiger partial charge in [0.1, 0.15) is 5.78 Å². The highest BCUT2D eigenvalue weighted by molar-refractivity contribution is 5.84. The first-order valence-corrected chi connectivity index (χ1v) is 5.77. The minimum Gasteiger partial charge on any atom is -0.299 e. The zero-order valence-corrected chi connectivity index (χ0v) is 8.38. The first-order chi connectivity index (χ1) is 6.24. The maximum absolute atomic E-state index is 11.7. The van der Waals surface area contributed by atoms with Gasteiger partial charge in [-0.2, -0.15) is 0 Å². The molecule has 1 heteroatoms. The largest absolute Gasteiger partial charge is 0.299 e. The van der Waals surface area contributed by atoms with Crippen molar-refractivity contribution in [3.05, 3.63) is 0 Å². The second-order valence-electron chi connectivity index (χ2n) is 5.45. The van der Waals surface area contributed by atoms with Gasteiger partial charge in [0.2, 0.25) is 0 Å². The third-order valence-corrected chi connectivity index (χ3v) is 5.18. The van der Waals surface area contributed by atoms with Gasteiger partial charge < -0.3 is 0 Å². The van der Waals surface area contributed by atoms with Gasteiger partial charge in [0.25, 0.3) is 0 Å². The van der Waals surface area contributed by atoms with Crippen LogP contribution in [0.15, 0.2) is 0 Å². The van der Waals surface area contributed by atoms with Crippen molar-refractivity contribution in [3.63, 3.8) is 0 Å². The van der Waals surface area contributed by atoms with E-state index in [1.54, 1.807) is 0 Å². The zero-order chi connectivity index (χ0) is 9.05. The fourth-order valence-electron chi connectivity index (χ4n) is 4.58. The maximum Gasteiger partial charge on any atom is 0.136 e. The van der Waals surface area contributed by atoms with Crippen LogP contribution in [0.1, 0.15) is 45.4 Å². The average Bonchev–Trinajstić information content (AvgIpc) is 2.68. The van der Waals surface area contributed by atoms with E-state index in [4.69, 9.17) is 0 Å². The molecule has 72 valence electrons. The van der Waals surface area contributed by atoms with Crippen LogP contribution in [0.5, 0.6) is 0 Å². The molecule has 3 aliphatic carbocycles. The van der Waals surface area contributed by atoms with E-state index < -0.39 is 0 Å². The Hall–Kier alpha value is -0.330. The Balaban J connectivity index is 2.00. The topological polar surface area (TPSA) is 17.1 Å². The minimum absolute atomic E-state index is 0.488. The van der Waals surface area contributed by atoms with Crippen LogP contribution in [0, 0.1) is 23.2 Å². The van der Waals surface area contributed by atoms with E-state index in [-0.39, 0.29) is 0 Å². The molecule has 3 fully saturated rings. The van der Waals surface area contributed by atoms with Gasteiger partial charge in [-0.25, -0.2) is 0 Å². The van der Waals surface area contributed by atoms with Gasteiger partial charge in [-0.05, 0) is 49.4 Å². The smallest absolute Gasteiger partial charge is 0.136 e. The Morgan fingerprint density at radius 3 is 2.92 bits per heavy atom. The number of carbonyl (C=O) groups is 1. The summed E-state index contributed by atoms with van der Waals surface area (Å²) in [5, 5.41) is 0. The highest BCUT2D eigenvalue weighted by Gasteiger charge is 2.59. The molecule has 1 nitrogen and oxygen atoms in total. The SMILES string of the molecule is C[C@H]1CC[C@]23CCC(=O)[C@H]2CC[C@H]13. The number of carbonyl (C=O) groups excluding carboxylic acids is 1. The first kappa shape index (κ1) is 8.02. The summed E-state index contributed by atoms with van der Waals surface area (Å²) < 4.78 is 0. The van der Waals surface area contributed by atoms with Crippen molar-refractivity contribution in [1.29, 1.82) is 0 Å². The number of rotatable bonds is 0. The molecule has 4 atom stereocenters. The minimum atomic E-state index is 0.488. The Bertz CT molecular complexity index is 258. The van der Waals surface area contributed by atoms with Crippen molar-refractivity contribution < 1.29 is 4.79 Å². The average molecular weight is 178 g/mol. The van der Waals surface area contributed by atoms with E-state index >= 15 is 0 Å². The Labute approximate surface area is 79.9 Å². The van der Waals surface area contributed by atoms with E-state index in [1.807, 2.05) is 0 Å².